The molecule has 0 radical (unpaired) electrons. The second-order valence-corrected chi connectivity index (χ2v) is 21.5. The van der Waals surface area contributed by atoms with E-state index in [0.717, 1.165) is 18.4 Å². The number of aromatic nitrogens is 2. The van der Waals surface area contributed by atoms with Crippen LogP contribution in [-0.4, -0.2) is 118 Å². The Hall–Kier alpha value is -7.92. The van der Waals surface area contributed by atoms with Crippen LogP contribution >= 0.6 is 0 Å². The van der Waals surface area contributed by atoms with Crippen LogP contribution in [0, 0.1) is 24.1 Å². The molecule has 4 aliphatic rings. The first-order valence-corrected chi connectivity index (χ1v) is 27.7. The number of imide groups is 1. The van der Waals surface area contributed by atoms with E-state index < -0.39 is 97.5 Å². The molecule has 2 aromatic carbocycles. The lowest BCUT2D eigenvalue weighted by Crippen LogP contribution is -2.52. The van der Waals surface area contributed by atoms with Gasteiger partial charge in [-0.3, -0.25) is 48.1 Å². The van der Waals surface area contributed by atoms with Gasteiger partial charge in [0.2, 0.25) is 47.3 Å². The molecular formula is C58H70FN9O13. The number of amides is 8. The highest BCUT2D eigenvalue weighted by molar-refractivity contribution is 6.04. The third kappa shape index (κ3) is 12.7. The lowest BCUT2D eigenvalue weighted by molar-refractivity contribution is -0.172. The number of cyclic esters (lactones) is 1. The van der Waals surface area contributed by atoms with Crippen molar-refractivity contribution >= 4 is 64.1 Å². The minimum Gasteiger partial charge on any atom is -0.458 e. The molecule has 5 heterocycles. The molecule has 0 saturated carbocycles. The number of carbonyl (C=O) groups is 9. The smallest absolute Gasteiger partial charge is 0.343 e. The Labute approximate surface area is 467 Å². The number of carbonyl (C=O) groups excluding carboxylic acids is 9. The number of rotatable bonds is 25. The SMILES string of the molecule is CCC(C)(CC)C1CC(=O)N(CCCCCC(=O)NCC(=O)NCC(=O)NC(Cc2ccccc2)C(=O)NCC(=O)NCOCC(=O)N[C@H]2CCc3c(C)c(F)cc4nc5c(c2c34)Cn2c-5cc3c(c2=O)COC(=O)[C@]3(O)CC)C1=O. The molecule has 0 bridgehead atoms. The average Bonchev–Trinajstić information content (AvgIpc) is 4.24. The second-order valence-electron chi connectivity index (χ2n) is 21.5. The number of halogens is 1. The highest BCUT2D eigenvalue weighted by Crippen LogP contribution is 2.46. The van der Waals surface area contributed by atoms with E-state index in [9.17, 15) is 53.1 Å². The summed E-state index contributed by atoms with van der Waals surface area (Å²) in [5.74, 6) is -5.63. The third-order valence-corrected chi connectivity index (χ3v) is 16.6. The Morgan fingerprint density at radius 1 is 0.877 bits per heavy atom. The molecule has 1 fully saturated rings. The Bertz CT molecular complexity index is 3230. The number of aryl methyl sites for hydroxylation is 1. The molecule has 1 aliphatic carbocycles. The molecule has 0 spiro atoms. The molecule has 432 valence electrons. The largest absolute Gasteiger partial charge is 0.458 e. The van der Waals surface area contributed by atoms with Gasteiger partial charge in [0.05, 0.1) is 60.6 Å². The van der Waals surface area contributed by atoms with Crippen LogP contribution in [0.4, 0.5) is 4.39 Å². The zero-order valence-electron chi connectivity index (χ0n) is 46.3. The van der Waals surface area contributed by atoms with Gasteiger partial charge in [-0.25, -0.2) is 14.2 Å². The molecule has 1 saturated heterocycles. The number of nitrogens with one attached hydrogen (secondary N) is 6. The average molecular weight is 1120 g/mol. The summed E-state index contributed by atoms with van der Waals surface area (Å²) in [5, 5.41) is 27.5. The maximum atomic E-state index is 15.4. The zero-order valence-corrected chi connectivity index (χ0v) is 46.3. The van der Waals surface area contributed by atoms with Gasteiger partial charge >= 0.3 is 5.97 Å². The molecule has 22 nitrogen and oxygen atoms in total. The number of likely N-dealkylation sites (tertiary alicyclic amines) is 1. The minimum atomic E-state index is -2.05. The number of fused-ring (bicyclic) bond motifs is 5. The summed E-state index contributed by atoms with van der Waals surface area (Å²) in [4.78, 5) is 136. The Morgan fingerprint density at radius 3 is 2.31 bits per heavy atom. The van der Waals surface area contributed by atoms with Crippen molar-refractivity contribution in [2.75, 3.05) is 39.5 Å². The normalized spacial score (nSPS) is 18.3. The number of benzene rings is 2. The molecular weight excluding hydrogens is 1050 g/mol. The maximum Gasteiger partial charge on any atom is 0.343 e. The summed E-state index contributed by atoms with van der Waals surface area (Å²) in [6.45, 7) is 7.03. The second kappa shape index (κ2) is 25.3. The number of unbranched alkanes of at least 4 members (excludes halogenated alkanes) is 2. The van der Waals surface area contributed by atoms with Gasteiger partial charge in [-0.15, -0.1) is 0 Å². The Morgan fingerprint density at radius 2 is 1.58 bits per heavy atom. The fraction of sp³-hybridized carbons (Fsp3) is 0.500. The van der Waals surface area contributed by atoms with Crippen LogP contribution in [0.3, 0.4) is 0 Å². The van der Waals surface area contributed by atoms with E-state index in [2.05, 4.69) is 31.9 Å². The van der Waals surface area contributed by atoms with Gasteiger partial charge in [0.1, 0.15) is 31.8 Å². The van der Waals surface area contributed by atoms with Gasteiger partial charge < -0.3 is 51.0 Å². The summed E-state index contributed by atoms with van der Waals surface area (Å²) < 4.78 is 27.6. The van der Waals surface area contributed by atoms with Gasteiger partial charge in [0, 0.05) is 48.4 Å². The van der Waals surface area contributed by atoms with E-state index in [1.807, 2.05) is 20.8 Å². The summed E-state index contributed by atoms with van der Waals surface area (Å²) in [6.07, 6.45) is 4.29. The van der Waals surface area contributed by atoms with Crippen LogP contribution in [-0.2, 0) is 84.2 Å². The number of ether oxygens (including phenoxy) is 2. The van der Waals surface area contributed by atoms with Gasteiger partial charge in [-0.1, -0.05) is 64.4 Å². The molecule has 7 N–H and O–H groups in total. The monoisotopic (exact) mass is 1120 g/mol. The van der Waals surface area contributed by atoms with Crippen molar-refractivity contribution in [2.45, 2.75) is 136 Å². The number of aliphatic hydroxyl groups is 1. The molecule has 8 amide bonds. The van der Waals surface area contributed by atoms with Gasteiger partial charge in [-0.2, -0.15) is 0 Å². The first kappa shape index (κ1) is 59.2. The number of pyridine rings is 2. The quantitative estimate of drug-likeness (QED) is 0.0191. The number of hydrogen-bond donors (Lipinski definition) is 7. The molecule has 2 aromatic heterocycles. The van der Waals surface area contributed by atoms with Crippen LogP contribution < -0.4 is 37.5 Å². The predicted molar refractivity (Wildman–Crippen MR) is 290 cm³/mol. The summed E-state index contributed by atoms with van der Waals surface area (Å²) in [6, 6.07) is 9.86. The van der Waals surface area contributed by atoms with E-state index >= 15 is 4.39 Å². The van der Waals surface area contributed by atoms with E-state index in [0.29, 0.717) is 83.2 Å². The molecule has 4 atom stereocenters. The van der Waals surface area contributed by atoms with Crippen molar-refractivity contribution < 1.29 is 62.1 Å². The van der Waals surface area contributed by atoms with Crippen LogP contribution in [0.1, 0.15) is 130 Å². The molecule has 2 unspecified atom stereocenters. The lowest BCUT2D eigenvalue weighted by atomic mass is 9.72. The van der Waals surface area contributed by atoms with Gasteiger partial charge in [0.25, 0.3) is 5.56 Å². The fourth-order valence-electron chi connectivity index (χ4n) is 11.3. The summed E-state index contributed by atoms with van der Waals surface area (Å²) in [7, 11) is 0. The van der Waals surface area contributed by atoms with Gasteiger partial charge in [0.15, 0.2) is 5.60 Å². The minimum absolute atomic E-state index is 0.0374. The van der Waals surface area contributed by atoms with Crippen LogP contribution in [0.2, 0.25) is 0 Å². The standard InChI is InChI=1S/C58H70FN9O13/c1-6-57(5,7-2)38-23-49(74)67(55(38)77)20-14-10-13-17-44(69)60-25-45(70)61-27-47(72)65-42(21-33-15-11-9-12-16-33)53(75)62-26-46(71)63-31-80-30-48(73)64-40-19-18-34-32(4)39(59)24-41-50(34)51(40)35-28-68-43(52(35)66-41)22-37-36(54(68)76)29-81-56(78)58(37,79)8-3/h9,11-12,15-16,22,24,38,40,42,79H,6-8,10,13-14,17-21,23,25-31H2,1-5H3,(H,60,69)(H,61,70)(H,62,75)(H,63,71)(H,64,73)(H,65,72)/t38?,40-,42?,58-/m0/s1. The van der Waals surface area contributed by atoms with E-state index in [-0.39, 0.29) is 79.0 Å². The highest BCUT2D eigenvalue weighted by atomic mass is 19.1. The highest BCUT2D eigenvalue weighted by Gasteiger charge is 2.48. The van der Waals surface area contributed by atoms with E-state index in [1.165, 1.54) is 15.5 Å². The molecule has 3 aliphatic heterocycles. The van der Waals surface area contributed by atoms with Crippen molar-refractivity contribution in [1.82, 2.24) is 46.4 Å². The summed E-state index contributed by atoms with van der Waals surface area (Å²) >= 11 is 0. The first-order valence-electron chi connectivity index (χ1n) is 27.7. The van der Waals surface area contributed by atoms with Crippen molar-refractivity contribution in [3.05, 3.63) is 97.6 Å². The van der Waals surface area contributed by atoms with E-state index in [4.69, 9.17) is 14.5 Å². The van der Waals surface area contributed by atoms with Crippen LogP contribution in [0.5, 0.6) is 0 Å². The third-order valence-electron chi connectivity index (χ3n) is 16.6. The maximum absolute atomic E-state index is 15.4. The van der Waals surface area contributed by atoms with Crippen molar-refractivity contribution in [3.63, 3.8) is 0 Å². The van der Waals surface area contributed by atoms with Crippen LogP contribution in [0.25, 0.3) is 22.3 Å². The fourth-order valence-corrected chi connectivity index (χ4v) is 11.3. The molecule has 81 heavy (non-hydrogen) atoms. The van der Waals surface area contributed by atoms with E-state index in [1.54, 1.807) is 50.2 Å². The zero-order chi connectivity index (χ0) is 58.3. The molecule has 4 aromatic rings. The van der Waals surface area contributed by atoms with Gasteiger partial charge in [-0.05, 0) is 85.6 Å². The molecule has 8 rings (SSSR count). The Kier molecular flexibility index (Phi) is 18.5. The number of nitrogens with zero attached hydrogens (tertiary/aromatic N) is 3. The van der Waals surface area contributed by atoms with Crippen LogP contribution in [0.15, 0.2) is 47.3 Å². The Balaban J connectivity index is 0.779. The number of esters is 1. The summed E-state index contributed by atoms with van der Waals surface area (Å²) in [5.41, 5.74) is 1.62. The first-order chi connectivity index (χ1) is 38.7. The van der Waals surface area contributed by atoms with Crippen molar-refractivity contribution in [3.8, 4) is 11.4 Å². The number of hydrogen-bond acceptors (Lipinski definition) is 14. The predicted octanol–water partition coefficient (Wildman–Crippen LogP) is 2.56. The topological polar surface area (TPSA) is 303 Å². The molecule has 23 heteroatoms. The van der Waals surface area contributed by atoms with Crippen molar-refractivity contribution in [1.29, 1.82) is 0 Å². The van der Waals surface area contributed by atoms with Crippen molar-refractivity contribution in [2.24, 2.45) is 11.3 Å². The lowest BCUT2D eigenvalue weighted by Gasteiger charge is -2.31.